The van der Waals surface area contributed by atoms with Crippen molar-refractivity contribution in [2.24, 2.45) is 0 Å². The molecular weight excluding hydrogens is 358 g/mol. The Morgan fingerprint density at radius 1 is 1.00 bits per heavy atom. The van der Waals surface area contributed by atoms with E-state index in [9.17, 15) is 4.79 Å². The summed E-state index contributed by atoms with van der Waals surface area (Å²) < 4.78 is 0. The van der Waals surface area contributed by atoms with Crippen molar-refractivity contribution in [3.63, 3.8) is 0 Å². The molecule has 1 aliphatic heterocycles. The van der Waals surface area contributed by atoms with Crippen LogP contribution >= 0.6 is 0 Å². The van der Waals surface area contributed by atoms with Crippen LogP contribution in [0.4, 0.5) is 4.79 Å². The molecule has 1 N–H and O–H groups in total. The number of amides is 2. The smallest absolute Gasteiger partial charge is 0.317 e. The van der Waals surface area contributed by atoms with E-state index < -0.39 is 0 Å². The second kappa shape index (κ2) is 9.45. The highest BCUT2D eigenvalue weighted by Gasteiger charge is 2.23. The Hall–Kier alpha value is -2.33. The second-order valence-corrected chi connectivity index (χ2v) is 8.52. The van der Waals surface area contributed by atoms with Crippen molar-refractivity contribution < 1.29 is 4.79 Å². The van der Waals surface area contributed by atoms with E-state index in [0.717, 1.165) is 45.6 Å². The van der Waals surface area contributed by atoms with E-state index in [1.54, 1.807) is 0 Å². The van der Waals surface area contributed by atoms with Gasteiger partial charge in [0.15, 0.2) is 0 Å². The highest BCUT2D eigenvalue weighted by Crippen LogP contribution is 2.21. The predicted molar refractivity (Wildman–Crippen MR) is 121 cm³/mol. The van der Waals surface area contributed by atoms with Crippen molar-refractivity contribution in [2.45, 2.75) is 45.1 Å². The average molecular weight is 392 g/mol. The van der Waals surface area contributed by atoms with Gasteiger partial charge in [-0.1, -0.05) is 61.7 Å². The van der Waals surface area contributed by atoms with Crippen LogP contribution in [-0.2, 0) is 0 Å². The number of rotatable bonds is 4. The SMILES string of the molecule is C/C(=C\CN1CCN(C(=O)NC2CCCCC2)CC1)c1ccc2ccccc2c1. The van der Waals surface area contributed by atoms with Gasteiger partial charge >= 0.3 is 6.03 Å². The number of piperazine rings is 1. The monoisotopic (exact) mass is 391 g/mol. The molecule has 0 aromatic heterocycles. The van der Waals surface area contributed by atoms with Crippen molar-refractivity contribution in [3.05, 3.63) is 54.1 Å². The first-order valence-corrected chi connectivity index (χ1v) is 11.1. The van der Waals surface area contributed by atoms with Gasteiger partial charge in [0.2, 0.25) is 0 Å². The molecular formula is C25H33N3O. The molecule has 2 amide bonds. The molecule has 0 atom stereocenters. The van der Waals surface area contributed by atoms with Crippen molar-refractivity contribution in [3.8, 4) is 0 Å². The third kappa shape index (κ3) is 5.18. The maximum atomic E-state index is 12.5. The molecule has 0 unspecified atom stereocenters. The number of hydrogen-bond donors (Lipinski definition) is 1. The number of fused-ring (bicyclic) bond motifs is 1. The van der Waals surface area contributed by atoms with Gasteiger partial charge in [-0.25, -0.2) is 4.79 Å². The average Bonchev–Trinajstić information content (AvgIpc) is 2.78. The maximum Gasteiger partial charge on any atom is 0.317 e. The Bertz CT molecular complexity index is 861. The maximum absolute atomic E-state index is 12.5. The fourth-order valence-electron chi connectivity index (χ4n) is 4.46. The Kier molecular flexibility index (Phi) is 6.50. The van der Waals surface area contributed by atoms with Crippen LogP contribution in [0.15, 0.2) is 48.5 Å². The number of nitrogens with zero attached hydrogens (tertiary/aromatic N) is 2. The summed E-state index contributed by atoms with van der Waals surface area (Å²) in [6.45, 7) is 6.66. The molecule has 29 heavy (non-hydrogen) atoms. The van der Waals surface area contributed by atoms with E-state index >= 15 is 0 Å². The minimum absolute atomic E-state index is 0.138. The molecule has 4 heteroatoms. The van der Waals surface area contributed by atoms with Gasteiger partial charge in [-0.05, 0) is 47.7 Å². The van der Waals surface area contributed by atoms with Crippen molar-refractivity contribution >= 4 is 22.4 Å². The Labute approximate surface area is 174 Å². The topological polar surface area (TPSA) is 35.6 Å². The van der Waals surface area contributed by atoms with Gasteiger partial charge in [-0.15, -0.1) is 0 Å². The van der Waals surface area contributed by atoms with Crippen LogP contribution < -0.4 is 5.32 Å². The van der Waals surface area contributed by atoms with Crippen molar-refractivity contribution in [1.29, 1.82) is 0 Å². The van der Waals surface area contributed by atoms with Gasteiger partial charge in [0.1, 0.15) is 0 Å². The molecule has 0 bridgehead atoms. The number of benzene rings is 2. The summed E-state index contributed by atoms with van der Waals surface area (Å²) in [6.07, 6.45) is 8.43. The standard InChI is InChI=1S/C25H33N3O/c1-20(22-12-11-21-7-5-6-8-23(21)19-22)13-14-27-15-17-28(18-16-27)25(29)26-24-9-3-2-4-10-24/h5-8,11-13,19,24H,2-4,9-10,14-18H2,1H3,(H,26,29)/b20-13+. The van der Waals surface area contributed by atoms with Crippen LogP contribution in [0.2, 0.25) is 0 Å². The van der Waals surface area contributed by atoms with Gasteiger partial charge in [0.25, 0.3) is 0 Å². The lowest BCUT2D eigenvalue weighted by Crippen LogP contribution is -2.53. The summed E-state index contributed by atoms with van der Waals surface area (Å²) in [5.74, 6) is 0. The van der Waals surface area contributed by atoms with Crippen LogP contribution in [0, 0.1) is 0 Å². The second-order valence-electron chi connectivity index (χ2n) is 8.52. The molecule has 1 saturated carbocycles. The molecule has 0 radical (unpaired) electrons. The van der Waals surface area contributed by atoms with E-state index in [4.69, 9.17) is 0 Å². The fourth-order valence-corrected chi connectivity index (χ4v) is 4.46. The molecule has 2 aliphatic rings. The molecule has 2 aromatic carbocycles. The first kappa shape index (κ1) is 20.0. The fraction of sp³-hybridized carbons (Fsp3) is 0.480. The normalized spacial score (nSPS) is 19.5. The zero-order chi connectivity index (χ0) is 20.1. The highest BCUT2D eigenvalue weighted by molar-refractivity contribution is 5.86. The van der Waals surface area contributed by atoms with Gasteiger partial charge in [0.05, 0.1) is 0 Å². The molecule has 1 heterocycles. The summed E-state index contributed by atoms with van der Waals surface area (Å²) in [6, 6.07) is 15.7. The van der Waals surface area contributed by atoms with Crippen molar-refractivity contribution in [2.75, 3.05) is 32.7 Å². The number of urea groups is 1. The number of allylic oxidation sites excluding steroid dienone is 1. The molecule has 2 fully saturated rings. The molecule has 4 rings (SSSR count). The van der Waals surface area contributed by atoms with Crippen LogP contribution in [0.3, 0.4) is 0 Å². The summed E-state index contributed by atoms with van der Waals surface area (Å²) in [7, 11) is 0. The van der Waals surface area contributed by atoms with E-state index in [1.165, 1.54) is 41.2 Å². The highest BCUT2D eigenvalue weighted by atomic mass is 16.2. The minimum Gasteiger partial charge on any atom is -0.335 e. The van der Waals surface area contributed by atoms with E-state index in [1.807, 2.05) is 4.90 Å². The lowest BCUT2D eigenvalue weighted by atomic mass is 9.96. The largest absolute Gasteiger partial charge is 0.335 e. The minimum atomic E-state index is 0.138. The zero-order valence-corrected chi connectivity index (χ0v) is 17.6. The predicted octanol–water partition coefficient (Wildman–Crippen LogP) is 4.90. The van der Waals surface area contributed by atoms with Crippen LogP contribution in [0.5, 0.6) is 0 Å². The van der Waals surface area contributed by atoms with Crippen LogP contribution in [-0.4, -0.2) is 54.6 Å². The molecule has 0 spiro atoms. The zero-order valence-electron chi connectivity index (χ0n) is 17.6. The van der Waals surface area contributed by atoms with Gasteiger partial charge in [-0.2, -0.15) is 0 Å². The molecule has 2 aromatic rings. The molecule has 1 saturated heterocycles. The Balaban J connectivity index is 1.26. The first-order chi connectivity index (χ1) is 14.2. The lowest BCUT2D eigenvalue weighted by Gasteiger charge is -2.35. The summed E-state index contributed by atoms with van der Waals surface area (Å²) >= 11 is 0. The molecule has 4 nitrogen and oxygen atoms in total. The van der Waals surface area contributed by atoms with E-state index in [2.05, 4.69) is 65.7 Å². The molecule has 154 valence electrons. The quantitative estimate of drug-likeness (QED) is 0.804. The third-order valence-corrected chi connectivity index (χ3v) is 6.45. The number of nitrogens with one attached hydrogen (secondary N) is 1. The third-order valence-electron chi connectivity index (χ3n) is 6.45. The summed E-state index contributed by atoms with van der Waals surface area (Å²) in [5, 5.41) is 5.82. The number of carbonyl (C=O) groups is 1. The first-order valence-electron chi connectivity index (χ1n) is 11.1. The van der Waals surface area contributed by atoms with Gasteiger partial charge in [-0.3, -0.25) is 4.90 Å². The molecule has 1 aliphatic carbocycles. The van der Waals surface area contributed by atoms with Crippen molar-refractivity contribution in [1.82, 2.24) is 15.1 Å². The van der Waals surface area contributed by atoms with Gasteiger partial charge < -0.3 is 10.2 Å². The summed E-state index contributed by atoms with van der Waals surface area (Å²) in [5.41, 5.74) is 2.60. The van der Waals surface area contributed by atoms with E-state index in [0.29, 0.717) is 6.04 Å². The van der Waals surface area contributed by atoms with Gasteiger partial charge in [0, 0.05) is 38.8 Å². The Morgan fingerprint density at radius 3 is 2.48 bits per heavy atom. The van der Waals surface area contributed by atoms with Crippen LogP contribution in [0.25, 0.3) is 16.3 Å². The lowest BCUT2D eigenvalue weighted by molar-refractivity contribution is 0.142. The number of carbonyl (C=O) groups excluding carboxylic acids is 1. The number of hydrogen-bond acceptors (Lipinski definition) is 2. The summed E-state index contributed by atoms with van der Waals surface area (Å²) in [4.78, 5) is 16.9. The Morgan fingerprint density at radius 2 is 1.72 bits per heavy atom. The van der Waals surface area contributed by atoms with Crippen LogP contribution in [0.1, 0.15) is 44.6 Å². The van der Waals surface area contributed by atoms with E-state index in [-0.39, 0.29) is 6.03 Å².